The molecule has 0 heterocycles. The highest BCUT2D eigenvalue weighted by molar-refractivity contribution is 6.33. The van der Waals surface area contributed by atoms with Crippen LogP contribution in [-0.2, 0) is 30.9 Å². The number of Topliss-reactive ketones (excluding diaryl/α,β-unsaturated/α-hetero) is 2. The minimum absolute atomic E-state index is 0.0120. The SMILES string of the molecule is CC(=O)C(N=Nc1cc(C(=O)Nc2ccccc2CCl)ccc1Cl)C(=O)Nc1ccc(NC(=O)C(N=Nc2cc(C(=O)Nc3ccccc3CCl)ccc2Cl)C(C)=O)c(OCCCl)c1. The van der Waals surface area contributed by atoms with Gasteiger partial charge in [-0.05, 0) is 85.6 Å². The standard InChI is InChI=1S/C44H37Cl5N8O7/c1-24(58)39(56-54-36-19-26(11-14-31(36)48)41(60)51-33-9-5-3-7-28(33)22-46)43(62)50-30-13-16-35(38(21-30)64-18-17-45)53-44(63)40(25(2)59)57-55-37-20-27(12-15-32(37)49)42(61)52-34-10-6-4-8-29(34)23-47/h3-16,19-21,39-40H,17-18,22-23H2,1-2H3,(H,50,62)(H,51,60)(H,52,61)(H,53,63). The summed E-state index contributed by atoms with van der Waals surface area (Å²) < 4.78 is 5.73. The smallest absolute Gasteiger partial charge is 0.258 e. The fraction of sp³-hybridized carbons (Fsp3) is 0.182. The molecule has 0 spiro atoms. The Bertz CT molecular complexity index is 2650. The van der Waals surface area contributed by atoms with E-state index in [1.165, 1.54) is 54.6 Å². The lowest BCUT2D eigenvalue weighted by atomic mass is 10.1. The topological polar surface area (TPSA) is 209 Å². The van der Waals surface area contributed by atoms with Gasteiger partial charge in [0.2, 0.25) is 12.1 Å². The molecule has 20 heteroatoms. The van der Waals surface area contributed by atoms with Gasteiger partial charge in [-0.1, -0.05) is 59.6 Å². The van der Waals surface area contributed by atoms with Crippen LogP contribution in [0.5, 0.6) is 5.75 Å². The second kappa shape index (κ2) is 23.5. The van der Waals surface area contributed by atoms with Crippen LogP contribution in [0, 0.1) is 0 Å². The number of hydrogen-bond donors (Lipinski definition) is 4. The quantitative estimate of drug-likeness (QED) is 0.0357. The number of para-hydroxylation sites is 2. The Morgan fingerprint density at radius 2 is 1.03 bits per heavy atom. The van der Waals surface area contributed by atoms with Gasteiger partial charge in [-0.15, -0.1) is 34.8 Å². The minimum Gasteiger partial charge on any atom is -0.490 e. The summed E-state index contributed by atoms with van der Waals surface area (Å²) in [6.07, 6.45) is 0. The van der Waals surface area contributed by atoms with E-state index in [1.807, 2.05) is 0 Å². The molecule has 2 atom stereocenters. The van der Waals surface area contributed by atoms with E-state index in [4.69, 9.17) is 62.7 Å². The molecule has 0 aromatic heterocycles. The predicted octanol–water partition coefficient (Wildman–Crippen LogP) is 11.0. The first kappa shape index (κ1) is 48.8. The first-order valence-corrected chi connectivity index (χ1v) is 21.4. The Morgan fingerprint density at radius 1 is 0.562 bits per heavy atom. The monoisotopic (exact) mass is 964 g/mol. The number of carbonyl (C=O) groups is 6. The van der Waals surface area contributed by atoms with Crippen LogP contribution in [0.1, 0.15) is 45.7 Å². The Kier molecular flexibility index (Phi) is 17.9. The molecule has 5 aromatic rings. The van der Waals surface area contributed by atoms with Crippen molar-refractivity contribution in [3.63, 3.8) is 0 Å². The van der Waals surface area contributed by atoms with Crippen LogP contribution in [0.15, 0.2) is 124 Å². The number of benzene rings is 5. The lowest BCUT2D eigenvalue weighted by Gasteiger charge is -2.16. The van der Waals surface area contributed by atoms with Crippen LogP contribution in [0.4, 0.5) is 34.1 Å². The van der Waals surface area contributed by atoms with Gasteiger partial charge in [0.1, 0.15) is 23.7 Å². The van der Waals surface area contributed by atoms with Gasteiger partial charge in [0.15, 0.2) is 11.6 Å². The predicted molar refractivity (Wildman–Crippen MR) is 249 cm³/mol. The summed E-state index contributed by atoms with van der Waals surface area (Å²) in [6.45, 7) is 2.25. The summed E-state index contributed by atoms with van der Waals surface area (Å²) in [6, 6.07) is 23.3. The van der Waals surface area contributed by atoms with Crippen LogP contribution < -0.4 is 26.0 Å². The molecule has 0 aliphatic carbocycles. The number of nitrogens with one attached hydrogen (secondary N) is 4. The Morgan fingerprint density at radius 3 is 1.48 bits per heavy atom. The molecule has 64 heavy (non-hydrogen) atoms. The number of halogens is 5. The average molecular weight is 967 g/mol. The molecular formula is C44H37Cl5N8O7. The van der Waals surface area contributed by atoms with Gasteiger partial charge in [0, 0.05) is 46.0 Å². The number of hydrogen-bond acceptors (Lipinski definition) is 11. The average Bonchev–Trinajstić information content (AvgIpc) is 3.27. The van der Waals surface area contributed by atoms with Crippen LogP contribution in [-0.4, -0.2) is 59.8 Å². The van der Waals surface area contributed by atoms with Gasteiger partial charge in [-0.2, -0.15) is 20.5 Å². The van der Waals surface area contributed by atoms with E-state index in [0.717, 1.165) is 13.8 Å². The third-order valence-corrected chi connectivity index (χ3v) is 10.3. The molecule has 0 aliphatic rings. The number of ketones is 2. The fourth-order valence-corrected chi connectivity index (χ4v) is 6.48. The normalized spacial score (nSPS) is 12.0. The number of nitrogens with zero attached hydrogens (tertiary/aromatic N) is 4. The zero-order valence-corrected chi connectivity index (χ0v) is 37.6. The zero-order chi connectivity index (χ0) is 46.3. The second-order valence-corrected chi connectivity index (χ2v) is 15.2. The summed E-state index contributed by atoms with van der Waals surface area (Å²) in [5.41, 5.74) is 3.00. The molecule has 4 amide bonds. The van der Waals surface area contributed by atoms with Gasteiger partial charge in [0.05, 0.1) is 21.6 Å². The van der Waals surface area contributed by atoms with Gasteiger partial charge in [-0.25, -0.2) is 0 Å². The summed E-state index contributed by atoms with van der Waals surface area (Å²) in [5.74, 6) is -3.67. The number of amides is 4. The van der Waals surface area contributed by atoms with Crippen molar-refractivity contribution in [2.24, 2.45) is 20.5 Å². The van der Waals surface area contributed by atoms with Crippen molar-refractivity contribution in [2.75, 3.05) is 33.8 Å². The van der Waals surface area contributed by atoms with Crippen molar-refractivity contribution in [2.45, 2.75) is 37.7 Å². The first-order chi connectivity index (χ1) is 30.7. The Balaban J connectivity index is 1.30. The van der Waals surface area contributed by atoms with Crippen molar-refractivity contribution in [3.05, 3.63) is 135 Å². The maximum Gasteiger partial charge on any atom is 0.258 e. The maximum absolute atomic E-state index is 13.5. The van der Waals surface area contributed by atoms with Crippen molar-refractivity contribution < 1.29 is 33.5 Å². The van der Waals surface area contributed by atoms with Gasteiger partial charge in [0.25, 0.3) is 23.6 Å². The highest BCUT2D eigenvalue weighted by atomic mass is 35.5. The van der Waals surface area contributed by atoms with Crippen molar-refractivity contribution in [1.29, 1.82) is 0 Å². The van der Waals surface area contributed by atoms with Crippen LogP contribution >= 0.6 is 58.0 Å². The zero-order valence-electron chi connectivity index (χ0n) is 33.8. The molecule has 5 rings (SSSR count). The molecule has 0 bridgehead atoms. The fourth-order valence-electron chi connectivity index (χ4n) is 5.63. The highest BCUT2D eigenvalue weighted by Crippen LogP contribution is 2.32. The van der Waals surface area contributed by atoms with E-state index in [2.05, 4.69) is 41.7 Å². The van der Waals surface area contributed by atoms with E-state index in [0.29, 0.717) is 22.5 Å². The molecule has 0 radical (unpaired) electrons. The van der Waals surface area contributed by atoms with Crippen LogP contribution in [0.3, 0.4) is 0 Å². The summed E-state index contributed by atoms with van der Waals surface area (Å²) in [7, 11) is 0. The lowest BCUT2D eigenvalue weighted by Crippen LogP contribution is -2.32. The first-order valence-electron chi connectivity index (χ1n) is 19.0. The van der Waals surface area contributed by atoms with E-state index in [1.54, 1.807) is 48.5 Å². The largest absolute Gasteiger partial charge is 0.490 e. The number of carbonyl (C=O) groups excluding carboxylic acids is 6. The molecule has 15 nitrogen and oxygen atoms in total. The molecule has 0 saturated carbocycles. The number of azo groups is 2. The Labute approximate surface area is 391 Å². The molecular weight excluding hydrogens is 930 g/mol. The summed E-state index contributed by atoms with van der Waals surface area (Å²) in [5, 5.41) is 26.9. The number of rotatable bonds is 19. The molecule has 0 saturated heterocycles. The van der Waals surface area contributed by atoms with Crippen molar-refractivity contribution >= 4 is 127 Å². The minimum atomic E-state index is -1.66. The lowest BCUT2D eigenvalue weighted by molar-refractivity contribution is -0.127. The third kappa shape index (κ3) is 13.2. The third-order valence-electron chi connectivity index (χ3n) is 8.91. The highest BCUT2D eigenvalue weighted by Gasteiger charge is 2.27. The molecule has 5 aromatic carbocycles. The molecule has 4 N–H and O–H groups in total. The summed E-state index contributed by atoms with van der Waals surface area (Å²) in [4.78, 5) is 78.3. The van der Waals surface area contributed by atoms with Gasteiger partial charge >= 0.3 is 0 Å². The second-order valence-electron chi connectivity index (χ2n) is 13.5. The van der Waals surface area contributed by atoms with Crippen molar-refractivity contribution in [3.8, 4) is 5.75 Å². The molecule has 0 fully saturated rings. The molecule has 0 aliphatic heterocycles. The molecule has 330 valence electrons. The van der Waals surface area contributed by atoms with Crippen molar-refractivity contribution in [1.82, 2.24) is 0 Å². The number of anilines is 4. The Hall–Kier alpha value is -6.23. The van der Waals surface area contributed by atoms with E-state index < -0.39 is 47.3 Å². The number of alkyl halides is 3. The van der Waals surface area contributed by atoms with Gasteiger partial charge in [-0.3, -0.25) is 28.8 Å². The van der Waals surface area contributed by atoms with E-state index in [9.17, 15) is 28.8 Å². The molecule has 2 unspecified atom stereocenters. The maximum atomic E-state index is 13.5. The summed E-state index contributed by atoms with van der Waals surface area (Å²) >= 11 is 30.6. The van der Waals surface area contributed by atoms with E-state index >= 15 is 0 Å². The van der Waals surface area contributed by atoms with Crippen LogP contribution in [0.25, 0.3) is 0 Å². The van der Waals surface area contributed by atoms with Gasteiger partial charge < -0.3 is 26.0 Å². The van der Waals surface area contributed by atoms with Crippen LogP contribution in [0.2, 0.25) is 10.0 Å². The van der Waals surface area contributed by atoms with E-state index in [-0.39, 0.29) is 73.9 Å². The number of ether oxygens (including phenoxy) is 1.